The molecular weight excluding hydrogens is 212 g/mol. The van der Waals surface area contributed by atoms with E-state index in [1.54, 1.807) is 0 Å². The number of piperazine rings is 1. The number of amidine groups is 1. The largest absolute Gasteiger partial charge is 0.401 e. The van der Waals surface area contributed by atoms with Crippen LogP contribution in [0, 0.1) is 0 Å². The molecular formula is C10H20ClN4+. The van der Waals surface area contributed by atoms with Crippen LogP contribution in [0.1, 0.15) is 6.92 Å². The maximum Gasteiger partial charge on any atom is 0.290 e. The van der Waals surface area contributed by atoms with Crippen LogP contribution in [0.5, 0.6) is 0 Å². The molecule has 0 bridgehead atoms. The van der Waals surface area contributed by atoms with E-state index in [0.29, 0.717) is 10.7 Å². The Balaban J connectivity index is 2.90. The molecule has 86 valence electrons. The van der Waals surface area contributed by atoms with Crippen molar-refractivity contribution in [1.82, 2.24) is 10.2 Å². The zero-order chi connectivity index (χ0) is 11.4. The van der Waals surface area contributed by atoms with Crippen LogP contribution in [-0.4, -0.2) is 55.6 Å². The van der Waals surface area contributed by atoms with Gasteiger partial charge in [0.25, 0.3) is 5.84 Å². The standard InChI is InChI=1S/C10H19ClN4/c1-8(12)9(11)10(13-2)15-6-4-14(3)5-7-15/h4-7H2,1-3H3,(H2,12,13)/p+1. The van der Waals surface area contributed by atoms with Crippen molar-refractivity contribution in [3.05, 3.63) is 10.7 Å². The summed E-state index contributed by atoms with van der Waals surface area (Å²) < 4.78 is 2.23. The summed E-state index contributed by atoms with van der Waals surface area (Å²) in [4.78, 5) is 2.30. The SMILES string of the molecule is CNC(C(Cl)=C(C)N)=[N+]1CCN(C)CC1. The fourth-order valence-electron chi connectivity index (χ4n) is 1.62. The van der Waals surface area contributed by atoms with E-state index < -0.39 is 0 Å². The van der Waals surface area contributed by atoms with Crippen molar-refractivity contribution in [2.45, 2.75) is 6.92 Å². The molecule has 3 N–H and O–H groups in total. The molecule has 1 heterocycles. The molecule has 0 saturated carbocycles. The van der Waals surface area contributed by atoms with Gasteiger partial charge in [-0.1, -0.05) is 11.6 Å². The van der Waals surface area contributed by atoms with Crippen molar-refractivity contribution in [3.8, 4) is 0 Å². The molecule has 4 nitrogen and oxygen atoms in total. The molecule has 15 heavy (non-hydrogen) atoms. The van der Waals surface area contributed by atoms with Gasteiger partial charge in [0.05, 0.1) is 20.1 Å². The Labute approximate surface area is 96.4 Å². The van der Waals surface area contributed by atoms with Crippen LogP contribution in [0.2, 0.25) is 0 Å². The Bertz CT molecular complexity index is 282. The van der Waals surface area contributed by atoms with Gasteiger partial charge in [0, 0.05) is 18.8 Å². The lowest BCUT2D eigenvalue weighted by Gasteiger charge is -2.24. The highest BCUT2D eigenvalue weighted by Crippen LogP contribution is 2.07. The van der Waals surface area contributed by atoms with Gasteiger partial charge in [-0.05, 0) is 14.0 Å². The van der Waals surface area contributed by atoms with Crippen molar-refractivity contribution >= 4 is 17.4 Å². The Morgan fingerprint density at radius 1 is 1.40 bits per heavy atom. The molecule has 0 aliphatic carbocycles. The second-order valence-electron chi connectivity index (χ2n) is 3.89. The van der Waals surface area contributed by atoms with Crippen LogP contribution in [-0.2, 0) is 0 Å². The van der Waals surface area contributed by atoms with Crippen LogP contribution in [0.4, 0.5) is 0 Å². The van der Waals surface area contributed by atoms with Crippen molar-refractivity contribution in [2.75, 3.05) is 40.3 Å². The Kier molecular flexibility index (Phi) is 4.42. The van der Waals surface area contributed by atoms with Crippen molar-refractivity contribution in [2.24, 2.45) is 5.73 Å². The van der Waals surface area contributed by atoms with Crippen molar-refractivity contribution in [1.29, 1.82) is 0 Å². The molecule has 0 unspecified atom stereocenters. The highest BCUT2D eigenvalue weighted by Gasteiger charge is 2.20. The smallest absolute Gasteiger partial charge is 0.290 e. The van der Waals surface area contributed by atoms with E-state index in [4.69, 9.17) is 17.3 Å². The quantitative estimate of drug-likeness (QED) is 0.493. The summed E-state index contributed by atoms with van der Waals surface area (Å²) in [5, 5.41) is 3.75. The molecule has 0 atom stereocenters. The van der Waals surface area contributed by atoms with E-state index in [0.717, 1.165) is 32.0 Å². The highest BCUT2D eigenvalue weighted by molar-refractivity contribution is 6.42. The average Bonchev–Trinajstić information content (AvgIpc) is 2.21. The number of rotatable bonds is 1. The second-order valence-corrected chi connectivity index (χ2v) is 4.26. The van der Waals surface area contributed by atoms with Gasteiger partial charge in [-0.3, -0.25) is 14.8 Å². The van der Waals surface area contributed by atoms with E-state index in [-0.39, 0.29) is 0 Å². The van der Waals surface area contributed by atoms with Gasteiger partial charge in [0.2, 0.25) is 0 Å². The first-order valence-electron chi connectivity index (χ1n) is 5.16. The van der Waals surface area contributed by atoms with Crippen LogP contribution < -0.4 is 11.1 Å². The molecule has 0 aromatic rings. The van der Waals surface area contributed by atoms with Gasteiger partial charge in [-0.25, -0.2) is 0 Å². The summed E-state index contributed by atoms with van der Waals surface area (Å²) in [6.45, 7) is 5.89. The number of halogens is 1. The fraction of sp³-hybridized carbons (Fsp3) is 0.700. The predicted molar refractivity (Wildman–Crippen MR) is 64.3 cm³/mol. The lowest BCUT2D eigenvalue weighted by molar-refractivity contribution is -0.540. The third-order valence-electron chi connectivity index (χ3n) is 2.61. The zero-order valence-electron chi connectivity index (χ0n) is 9.68. The summed E-state index contributed by atoms with van der Waals surface area (Å²) >= 11 is 6.15. The van der Waals surface area contributed by atoms with Crippen LogP contribution in [0.3, 0.4) is 0 Å². The fourth-order valence-corrected chi connectivity index (χ4v) is 1.84. The third kappa shape index (κ3) is 3.11. The second kappa shape index (κ2) is 5.37. The molecule has 1 aliphatic heterocycles. The normalized spacial score (nSPS) is 19.9. The van der Waals surface area contributed by atoms with Gasteiger partial charge < -0.3 is 5.73 Å². The highest BCUT2D eigenvalue weighted by atomic mass is 35.5. The number of hydrogen-bond acceptors (Lipinski definition) is 2. The number of likely N-dealkylation sites (N-methyl/N-ethyl adjacent to an activating group) is 2. The van der Waals surface area contributed by atoms with Gasteiger partial charge in [0.15, 0.2) is 0 Å². The number of nitrogens with zero attached hydrogens (tertiary/aromatic N) is 2. The lowest BCUT2D eigenvalue weighted by Crippen LogP contribution is -2.45. The molecule has 0 aromatic heterocycles. The maximum atomic E-state index is 6.15. The monoisotopic (exact) mass is 231 g/mol. The number of hydrogen-bond donors (Lipinski definition) is 2. The van der Waals surface area contributed by atoms with Gasteiger partial charge in [-0.15, -0.1) is 0 Å². The molecule has 0 aromatic carbocycles. The first-order valence-corrected chi connectivity index (χ1v) is 5.54. The predicted octanol–water partition coefficient (Wildman–Crippen LogP) is -0.00880. The van der Waals surface area contributed by atoms with E-state index in [1.165, 1.54) is 0 Å². The molecule has 0 radical (unpaired) electrons. The third-order valence-corrected chi connectivity index (χ3v) is 3.09. The van der Waals surface area contributed by atoms with E-state index >= 15 is 0 Å². The molecule has 1 rings (SSSR count). The summed E-state index contributed by atoms with van der Waals surface area (Å²) in [7, 11) is 4.00. The lowest BCUT2D eigenvalue weighted by atomic mass is 10.3. The minimum Gasteiger partial charge on any atom is -0.401 e. The molecule has 5 heteroatoms. The summed E-state index contributed by atoms with van der Waals surface area (Å²) in [5.74, 6) is 0.935. The molecule has 1 saturated heterocycles. The van der Waals surface area contributed by atoms with E-state index in [9.17, 15) is 0 Å². The number of allylic oxidation sites excluding steroid dienone is 1. The molecule has 1 fully saturated rings. The maximum absolute atomic E-state index is 6.15. The van der Waals surface area contributed by atoms with E-state index in [2.05, 4.69) is 21.8 Å². The van der Waals surface area contributed by atoms with E-state index in [1.807, 2.05) is 14.0 Å². The minimum atomic E-state index is 0.627. The van der Waals surface area contributed by atoms with Crippen molar-refractivity contribution in [3.63, 3.8) is 0 Å². The average molecular weight is 232 g/mol. The first kappa shape index (κ1) is 12.3. The van der Waals surface area contributed by atoms with Gasteiger partial charge in [-0.2, -0.15) is 0 Å². The van der Waals surface area contributed by atoms with Crippen LogP contribution >= 0.6 is 11.6 Å². The number of nitrogens with one attached hydrogen (secondary N) is 1. The van der Waals surface area contributed by atoms with Gasteiger partial charge in [0.1, 0.15) is 5.03 Å². The summed E-state index contributed by atoms with van der Waals surface area (Å²) in [5.41, 5.74) is 6.35. The Hall–Kier alpha value is -0.740. The van der Waals surface area contributed by atoms with Crippen molar-refractivity contribution < 1.29 is 4.58 Å². The van der Waals surface area contributed by atoms with Crippen LogP contribution in [0.25, 0.3) is 0 Å². The summed E-state index contributed by atoms with van der Waals surface area (Å²) in [6.07, 6.45) is 0. The zero-order valence-corrected chi connectivity index (χ0v) is 10.4. The first-order chi connectivity index (χ1) is 7.06. The Morgan fingerprint density at radius 2 is 1.93 bits per heavy atom. The topological polar surface area (TPSA) is 44.3 Å². The minimum absolute atomic E-state index is 0.627. The summed E-state index contributed by atoms with van der Waals surface area (Å²) in [6, 6.07) is 0. The molecule has 0 amide bonds. The number of nitrogens with two attached hydrogens (primary N) is 1. The van der Waals surface area contributed by atoms with Crippen LogP contribution in [0.15, 0.2) is 10.7 Å². The molecule has 0 spiro atoms. The van der Waals surface area contributed by atoms with Gasteiger partial charge >= 0.3 is 0 Å². The molecule has 1 aliphatic rings. The Morgan fingerprint density at radius 3 is 2.33 bits per heavy atom.